The number of rotatable bonds is 8. The second-order valence-electron chi connectivity index (χ2n) is 5.92. The van der Waals surface area contributed by atoms with E-state index in [9.17, 15) is 13.2 Å². The molecule has 2 rings (SSSR count). The van der Waals surface area contributed by atoms with Gasteiger partial charge in [-0.1, -0.05) is 11.3 Å². The number of nitrogens with zero attached hydrogens (tertiary/aromatic N) is 2. The molecule has 1 amide bonds. The molecule has 26 heavy (non-hydrogen) atoms. The van der Waals surface area contributed by atoms with Crippen molar-refractivity contribution in [3.63, 3.8) is 0 Å². The van der Waals surface area contributed by atoms with Gasteiger partial charge in [0.2, 0.25) is 15.9 Å². The number of aryl methyl sites for hydroxylation is 1. The molecule has 2 heterocycles. The van der Waals surface area contributed by atoms with Gasteiger partial charge in [-0.25, -0.2) is 18.1 Å². The van der Waals surface area contributed by atoms with Gasteiger partial charge in [-0.2, -0.15) is 0 Å². The highest BCUT2D eigenvalue weighted by Gasteiger charge is 2.22. The van der Waals surface area contributed by atoms with Crippen LogP contribution in [0.15, 0.2) is 14.1 Å². The van der Waals surface area contributed by atoms with E-state index < -0.39 is 10.0 Å². The van der Waals surface area contributed by atoms with Crippen LogP contribution >= 0.6 is 38.6 Å². The lowest BCUT2D eigenvalue weighted by atomic mass is 10.2. The van der Waals surface area contributed by atoms with Crippen molar-refractivity contribution in [2.24, 2.45) is 0 Å². The Balaban J connectivity index is 2.20. The van der Waals surface area contributed by atoms with Gasteiger partial charge in [0.05, 0.1) is 14.4 Å². The maximum atomic E-state index is 12.5. The number of carbonyl (C=O) groups excluding carboxylic acids is 1. The lowest BCUT2D eigenvalue weighted by Crippen LogP contribution is -2.26. The molecule has 144 valence electrons. The SMILES string of the molecule is CC(=O)Nc1nc(C)c(-c2cc(S(=O)(=O)NCCCN(C)C)sc2Br)s1. The molecule has 7 nitrogen and oxygen atoms in total. The number of aromatic nitrogens is 1. The third-order valence-electron chi connectivity index (χ3n) is 3.33. The number of amides is 1. The fourth-order valence-electron chi connectivity index (χ4n) is 2.16. The summed E-state index contributed by atoms with van der Waals surface area (Å²) in [6.07, 6.45) is 0.736. The molecule has 2 aromatic heterocycles. The topological polar surface area (TPSA) is 91.4 Å². The van der Waals surface area contributed by atoms with Gasteiger partial charge in [0.1, 0.15) is 4.21 Å². The van der Waals surface area contributed by atoms with E-state index in [1.165, 1.54) is 18.3 Å². The van der Waals surface area contributed by atoms with Crippen molar-refractivity contribution in [1.29, 1.82) is 0 Å². The van der Waals surface area contributed by atoms with Gasteiger partial charge in [-0.05, 0) is 56.0 Å². The number of thiophene rings is 1. The molecule has 0 saturated carbocycles. The van der Waals surface area contributed by atoms with E-state index >= 15 is 0 Å². The normalized spacial score (nSPS) is 11.9. The van der Waals surface area contributed by atoms with E-state index in [4.69, 9.17) is 0 Å². The number of halogens is 1. The Hall–Kier alpha value is -0.850. The lowest BCUT2D eigenvalue weighted by Gasteiger charge is -2.09. The second kappa shape index (κ2) is 8.89. The molecule has 0 atom stereocenters. The molecular formula is C15H21BrN4O3S3. The number of hydrogen-bond donors (Lipinski definition) is 2. The van der Waals surface area contributed by atoms with E-state index in [0.29, 0.717) is 15.5 Å². The molecule has 0 spiro atoms. The molecule has 0 aliphatic heterocycles. The molecule has 2 aromatic rings. The van der Waals surface area contributed by atoms with Crippen LogP contribution in [-0.4, -0.2) is 51.4 Å². The average Bonchev–Trinajstić information content (AvgIpc) is 3.06. The molecule has 0 aliphatic rings. The quantitative estimate of drug-likeness (QED) is 0.566. The van der Waals surface area contributed by atoms with Crippen molar-refractivity contribution >= 4 is 59.7 Å². The predicted molar refractivity (Wildman–Crippen MR) is 111 cm³/mol. The first-order chi connectivity index (χ1) is 12.1. The molecule has 0 aromatic carbocycles. The van der Waals surface area contributed by atoms with Crippen LogP contribution in [0.4, 0.5) is 5.13 Å². The third kappa shape index (κ3) is 5.57. The maximum absolute atomic E-state index is 12.5. The fraction of sp³-hybridized carbons (Fsp3) is 0.467. The Morgan fingerprint density at radius 3 is 2.65 bits per heavy atom. The summed E-state index contributed by atoms with van der Waals surface area (Å²) < 4.78 is 28.6. The monoisotopic (exact) mass is 480 g/mol. The highest BCUT2D eigenvalue weighted by Crippen LogP contribution is 2.42. The zero-order valence-electron chi connectivity index (χ0n) is 14.9. The summed E-state index contributed by atoms with van der Waals surface area (Å²) in [4.78, 5) is 18.3. The van der Waals surface area contributed by atoms with Crippen molar-refractivity contribution in [3.8, 4) is 10.4 Å². The van der Waals surface area contributed by atoms with Crippen molar-refractivity contribution in [3.05, 3.63) is 15.5 Å². The van der Waals surface area contributed by atoms with Crippen LogP contribution in [0, 0.1) is 6.92 Å². The van der Waals surface area contributed by atoms with E-state index in [1.54, 1.807) is 6.07 Å². The van der Waals surface area contributed by atoms with Gasteiger partial charge < -0.3 is 10.2 Å². The largest absolute Gasteiger partial charge is 0.309 e. The van der Waals surface area contributed by atoms with Crippen LogP contribution in [0.3, 0.4) is 0 Å². The number of carbonyl (C=O) groups is 1. The summed E-state index contributed by atoms with van der Waals surface area (Å²) in [5, 5.41) is 3.15. The highest BCUT2D eigenvalue weighted by atomic mass is 79.9. The summed E-state index contributed by atoms with van der Waals surface area (Å²) in [6.45, 7) is 4.45. The molecule has 0 radical (unpaired) electrons. The van der Waals surface area contributed by atoms with Gasteiger partial charge in [0, 0.05) is 19.0 Å². The van der Waals surface area contributed by atoms with Crippen LogP contribution in [0.1, 0.15) is 19.0 Å². The van der Waals surface area contributed by atoms with Crippen molar-refractivity contribution in [1.82, 2.24) is 14.6 Å². The number of anilines is 1. The zero-order chi connectivity index (χ0) is 19.5. The zero-order valence-corrected chi connectivity index (χ0v) is 19.0. The van der Waals surface area contributed by atoms with Crippen LogP contribution in [0.2, 0.25) is 0 Å². The van der Waals surface area contributed by atoms with Gasteiger partial charge in [-0.15, -0.1) is 11.3 Å². The smallest absolute Gasteiger partial charge is 0.250 e. The Morgan fingerprint density at radius 2 is 2.04 bits per heavy atom. The Bertz CT molecular complexity index is 890. The Labute approximate surface area is 170 Å². The number of nitrogens with one attached hydrogen (secondary N) is 2. The Morgan fingerprint density at radius 1 is 1.35 bits per heavy atom. The number of sulfonamides is 1. The first-order valence-corrected chi connectivity index (χ1v) is 11.7. The molecular weight excluding hydrogens is 460 g/mol. The van der Waals surface area contributed by atoms with Crippen molar-refractivity contribution in [2.75, 3.05) is 32.5 Å². The van der Waals surface area contributed by atoms with E-state index in [1.807, 2.05) is 25.9 Å². The van der Waals surface area contributed by atoms with E-state index in [-0.39, 0.29) is 10.1 Å². The summed E-state index contributed by atoms with van der Waals surface area (Å²) >= 11 is 5.93. The first kappa shape index (κ1) is 21.5. The van der Waals surface area contributed by atoms with E-state index in [2.05, 4.69) is 31.0 Å². The fourth-order valence-corrected chi connectivity index (χ4v) is 6.86. The Kier molecular flexibility index (Phi) is 7.34. The lowest BCUT2D eigenvalue weighted by molar-refractivity contribution is -0.114. The third-order valence-corrected chi connectivity index (χ3v) is 8.20. The summed E-state index contributed by atoms with van der Waals surface area (Å²) in [7, 11) is 0.338. The molecule has 0 fully saturated rings. The van der Waals surface area contributed by atoms with Crippen LogP contribution in [-0.2, 0) is 14.8 Å². The molecule has 0 aliphatic carbocycles. The molecule has 0 bridgehead atoms. The summed E-state index contributed by atoms with van der Waals surface area (Å²) in [5.41, 5.74) is 1.50. The standard InChI is InChI=1S/C15H21BrN4O3S3/c1-9-13(25-15(18-9)19-10(2)21)11-8-12(24-14(11)16)26(22,23)17-6-5-7-20(3)4/h8,17H,5-7H2,1-4H3,(H,18,19,21). The van der Waals surface area contributed by atoms with Gasteiger partial charge >= 0.3 is 0 Å². The minimum absolute atomic E-state index is 0.195. The summed E-state index contributed by atoms with van der Waals surface area (Å²) in [6, 6.07) is 1.64. The van der Waals surface area contributed by atoms with Gasteiger partial charge in [-0.3, -0.25) is 4.79 Å². The van der Waals surface area contributed by atoms with E-state index in [0.717, 1.165) is 40.4 Å². The predicted octanol–water partition coefficient (Wildman–Crippen LogP) is 3.13. The number of hydrogen-bond acceptors (Lipinski definition) is 7. The van der Waals surface area contributed by atoms with Crippen LogP contribution in [0.5, 0.6) is 0 Å². The van der Waals surface area contributed by atoms with Crippen LogP contribution < -0.4 is 10.0 Å². The molecule has 0 saturated heterocycles. The van der Waals surface area contributed by atoms with Crippen molar-refractivity contribution < 1.29 is 13.2 Å². The number of thiazole rings is 1. The maximum Gasteiger partial charge on any atom is 0.250 e. The summed E-state index contributed by atoms with van der Waals surface area (Å²) in [5.74, 6) is -0.195. The minimum atomic E-state index is -3.56. The van der Waals surface area contributed by atoms with Gasteiger partial charge in [0.25, 0.3) is 0 Å². The first-order valence-electron chi connectivity index (χ1n) is 7.79. The molecule has 2 N–H and O–H groups in total. The minimum Gasteiger partial charge on any atom is -0.309 e. The van der Waals surface area contributed by atoms with Gasteiger partial charge in [0.15, 0.2) is 5.13 Å². The molecule has 0 unspecified atom stereocenters. The molecule has 11 heteroatoms. The van der Waals surface area contributed by atoms with Crippen LogP contribution in [0.25, 0.3) is 10.4 Å². The average molecular weight is 481 g/mol. The van der Waals surface area contributed by atoms with Crippen molar-refractivity contribution in [2.45, 2.75) is 24.5 Å². The second-order valence-corrected chi connectivity index (χ2v) is 11.3. The highest BCUT2D eigenvalue weighted by molar-refractivity contribution is 9.11.